The molecule has 29 heavy (non-hydrogen) atoms. The maximum Gasteiger partial charge on any atom is 0.332 e. The monoisotopic (exact) mass is 395 g/mol. The molecule has 4 rings (SSSR count). The van der Waals surface area contributed by atoms with E-state index in [1.165, 1.54) is 17.9 Å². The van der Waals surface area contributed by atoms with E-state index >= 15 is 0 Å². The lowest BCUT2D eigenvalue weighted by atomic mass is 10.3. The van der Waals surface area contributed by atoms with Gasteiger partial charge >= 0.3 is 5.69 Å². The van der Waals surface area contributed by atoms with Gasteiger partial charge in [0.15, 0.2) is 11.2 Å². The fourth-order valence-electron chi connectivity index (χ4n) is 3.40. The molecule has 0 saturated carbocycles. The van der Waals surface area contributed by atoms with Crippen molar-refractivity contribution in [1.29, 1.82) is 0 Å². The number of benzene rings is 1. The van der Waals surface area contributed by atoms with E-state index in [0.717, 1.165) is 15.6 Å². The number of hydrogen-bond acceptors (Lipinski definition) is 5. The molecule has 0 fully saturated rings. The maximum absolute atomic E-state index is 12.6. The molecule has 4 aromatic rings. The predicted octanol–water partition coefficient (Wildman–Crippen LogP) is -0.0101. The summed E-state index contributed by atoms with van der Waals surface area (Å²) >= 11 is 0. The molecule has 0 unspecified atom stereocenters. The van der Waals surface area contributed by atoms with Crippen LogP contribution in [-0.2, 0) is 32.0 Å². The van der Waals surface area contributed by atoms with E-state index in [2.05, 4.69) is 15.3 Å². The van der Waals surface area contributed by atoms with Crippen molar-refractivity contribution >= 4 is 28.1 Å². The number of carbonyl (C=O) groups excluding carboxylic acids is 1. The number of imidazole rings is 2. The Hall–Kier alpha value is -3.69. The first-order valence-corrected chi connectivity index (χ1v) is 9.25. The van der Waals surface area contributed by atoms with Crippen LogP contribution in [0.5, 0.6) is 0 Å². The lowest BCUT2D eigenvalue weighted by Gasteiger charge is -2.10. The van der Waals surface area contributed by atoms with Gasteiger partial charge in [-0.3, -0.25) is 14.2 Å². The van der Waals surface area contributed by atoms with Gasteiger partial charge in [0.25, 0.3) is 5.56 Å². The lowest BCUT2D eigenvalue weighted by Crippen LogP contribution is -2.43. The second kappa shape index (κ2) is 7.38. The van der Waals surface area contributed by atoms with Crippen molar-refractivity contribution in [2.75, 3.05) is 6.54 Å². The first-order valence-electron chi connectivity index (χ1n) is 9.25. The molecule has 0 spiro atoms. The Kier molecular flexibility index (Phi) is 4.75. The lowest BCUT2D eigenvalue weighted by molar-refractivity contribution is -0.121. The topological polar surface area (TPSA) is 109 Å². The Balaban J connectivity index is 1.41. The minimum atomic E-state index is -0.568. The minimum Gasteiger partial charge on any atom is -0.354 e. The zero-order valence-corrected chi connectivity index (χ0v) is 16.2. The van der Waals surface area contributed by atoms with E-state index in [-0.39, 0.29) is 18.0 Å². The van der Waals surface area contributed by atoms with Gasteiger partial charge in [-0.15, -0.1) is 0 Å². The number of para-hydroxylation sites is 2. The molecular formula is C19H21N7O3. The zero-order chi connectivity index (χ0) is 20.5. The average molecular weight is 395 g/mol. The number of nitrogens with one attached hydrogen (secondary N) is 1. The van der Waals surface area contributed by atoms with Crippen LogP contribution in [0.3, 0.4) is 0 Å². The third-order valence-electron chi connectivity index (χ3n) is 4.93. The van der Waals surface area contributed by atoms with Gasteiger partial charge in [0.05, 0.1) is 23.7 Å². The molecule has 10 nitrogen and oxygen atoms in total. The van der Waals surface area contributed by atoms with Crippen LogP contribution in [0.2, 0.25) is 0 Å². The summed E-state index contributed by atoms with van der Waals surface area (Å²) in [5.74, 6) is -0.388. The van der Waals surface area contributed by atoms with Crippen LogP contribution in [0.25, 0.3) is 22.2 Å². The SMILES string of the molecule is Cn1cnc2c1c(=O)n(CC(=O)NCCCn1cnc3ccccc31)c(=O)n2C. The van der Waals surface area contributed by atoms with Gasteiger partial charge in [0, 0.05) is 27.2 Å². The highest BCUT2D eigenvalue weighted by Crippen LogP contribution is 2.11. The zero-order valence-electron chi connectivity index (χ0n) is 16.2. The largest absolute Gasteiger partial charge is 0.354 e. The Morgan fingerprint density at radius 3 is 2.72 bits per heavy atom. The van der Waals surface area contributed by atoms with Gasteiger partial charge in [0.2, 0.25) is 5.91 Å². The second-order valence-electron chi connectivity index (χ2n) is 6.89. The molecule has 150 valence electrons. The molecule has 10 heteroatoms. The number of rotatable bonds is 6. The van der Waals surface area contributed by atoms with Gasteiger partial charge in [0.1, 0.15) is 6.54 Å². The van der Waals surface area contributed by atoms with Gasteiger partial charge in [-0.2, -0.15) is 0 Å². The van der Waals surface area contributed by atoms with Crippen molar-refractivity contribution in [3.8, 4) is 0 Å². The van der Waals surface area contributed by atoms with Crippen molar-refractivity contribution in [3.63, 3.8) is 0 Å². The van der Waals surface area contributed by atoms with Crippen LogP contribution in [0.4, 0.5) is 0 Å². The van der Waals surface area contributed by atoms with Gasteiger partial charge < -0.3 is 14.5 Å². The van der Waals surface area contributed by atoms with E-state index < -0.39 is 11.2 Å². The third-order valence-corrected chi connectivity index (χ3v) is 4.93. The number of aromatic nitrogens is 6. The average Bonchev–Trinajstić information content (AvgIpc) is 3.31. The Labute approximate surface area is 165 Å². The first-order chi connectivity index (χ1) is 14.0. The molecular weight excluding hydrogens is 374 g/mol. The molecule has 0 bridgehead atoms. The van der Waals surface area contributed by atoms with E-state index in [1.807, 2.05) is 28.8 Å². The molecule has 0 radical (unpaired) electrons. The predicted molar refractivity (Wildman–Crippen MR) is 108 cm³/mol. The highest BCUT2D eigenvalue weighted by Gasteiger charge is 2.16. The fourth-order valence-corrected chi connectivity index (χ4v) is 3.40. The summed E-state index contributed by atoms with van der Waals surface area (Å²) in [6.07, 6.45) is 3.94. The number of nitrogens with zero attached hydrogens (tertiary/aromatic N) is 6. The Morgan fingerprint density at radius 1 is 1.10 bits per heavy atom. The maximum atomic E-state index is 12.6. The van der Waals surface area contributed by atoms with Gasteiger partial charge in [-0.05, 0) is 18.6 Å². The van der Waals surface area contributed by atoms with Gasteiger partial charge in [-0.1, -0.05) is 12.1 Å². The van der Waals surface area contributed by atoms with Crippen LogP contribution in [0.15, 0.2) is 46.5 Å². The molecule has 1 aromatic carbocycles. The number of fused-ring (bicyclic) bond motifs is 2. The van der Waals surface area contributed by atoms with E-state index in [1.54, 1.807) is 17.9 Å². The van der Waals surface area contributed by atoms with Crippen LogP contribution in [-0.4, -0.2) is 40.7 Å². The normalized spacial score (nSPS) is 11.4. The number of carbonyl (C=O) groups is 1. The molecule has 0 aliphatic rings. The molecule has 0 aliphatic heterocycles. The first kappa shape index (κ1) is 18.7. The summed E-state index contributed by atoms with van der Waals surface area (Å²) in [7, 11) is 3.20. The van der Waals surface area contributed by atoms with Crippen molar-refractivity contribution in [2.24, 2.45) is 14.1 Å². The summed E-state index contributed by atoms with van der Waals surface area (Å²) in [4.78, 5) is 45.8. The fraction of sp³-hybridized carbons (Fsp3) is 0.316. The van der Waals surface area contributed by atoms with Crippen molar-refractivity contribution in [2.45, 2.75) is 19.5 Å². The number of aryl methyl sites for hydroxylation is 3. The third kappa shape index (κ3) is 3.33. The minimum absolute atomic E-state index is 0.284. The summed E-state index contributed by atoms with van der Waals surface area (Å²) in [6.45, 7) is 0.790. The van der Waals surface area contributed by atoms with Crippen LogP contribution in [0, 0.1) is 0 Å². The van der Waals surface area contributed by atoms with Crippen molar-refractivity contribution < 1.29 is 4.79 Å². The van der Waals surface area contributed by atoms with E-state index in [9.17, 15) is 14.4 Å². The summed E-state index contributed by atoms with van der Waals surface area (Å²) in [5, 5.41) is 2.77. The van der Waals surface area contributed by atoms with Crippen molar-refractivity contribution in [1.82, 2.24) is 33.6 Å². The molecule has 3 heterocycles. The quantitative estimate of drug-likeness (QED) is 0.462. The second-order valence-corrected chi connectivity index (χ2v) is 6.89. The number of amides is 1. The molecule has 0 aliphatic carbocycles. The Bertz CT molecular complexity index is 1330. The van der Waals surface area contributed by atoms with Crippen LogP contribution >= 0.6 is 0 Å². The van der Waals surface area contributed by atoms with E-state index in [4.69, 9.17) is 0 Å². The molecule has 3 aromatic heterocycles. The Morgan fingerprint density at radius 2 is 1.90 bits per heavy atom. The van der Waals surface area contributed by atoms with Gasteiger partial charge in [-0.25, -0.2) is 19.3 Å². The summed E-state index contributed by atoms with van der Waals surface area (Å²) in [5.41, 5.74) is 1.46. The molecule has 0 atom stereocenters. The van der Waals surface area contributed by atoms with Crippen molar-refractivity contribution in [3.05, 3.63) is 57.8 Å². The molecule has 1 N–H and O–H groups in total. The highest BCUT2D eigenvalue weighted by atomic mass is 16.2. The van der Waals surface area contributed by atoms with Crippen LogP contribution in [0.1, 0.15) is 6.42 Å². The smallest absolute Gasteiger partial charge is 0.332 e. The summed E-state index contributed by atoms with van der Waals surface area (Å²) < 4.78 is 5.77. The number of hydrogen-bond donors (Lipinski definition) is 1. The van der Waals surface area contributed by atoms with Crippen LogP contribution < -0.4 is 16.6 Å². The highest BCUT2D eigenvalue weighted by molar-refractivity contribution is 5.76. The summed E-state index contributed by atoms with van der Waals surface area (Å²) in [6, 6.07) is 7.84. The van der Waals surface area contributed by atoms with E-state index in [0.29, 0.717) is 25.2 Å². The molecule has 1 amide bonds. The molecule has 0 saturated heterocycles. The standard InChI is InChI=1S/C19H21N7O3/c1-23-11-22-17-16(23)18(28)26(19(29)24(17)2)10-15(27)20-8-5-9-25-12-21-13-6-3-4-7-14(13)25/h3-4,6-7,11-12H,5,8-10H2,1-2H3,(H,20,27).